The molecule has 0 fully saturated rings. The Bertz CT molecular complexity index is 1050. The number of aromatic nitrogens is 1. The van der Waals surface area contributed by atoms with Crippen LogP contribution in [0.5, 0.6) is 23.0 Å². The number of ether oxygens (including phenoxy) is 4. The SMILES string of the molecule is COc1cc2c(cc1OC)-c1cc(C)c3cc(OC)c(OC)cc3[n+]1CC2.[Cl-]. The second-order valence-corrected chi connectivity index (χ2v) is 6.70. The number of methoxy groups -OCH3 is 4. The third-order valence-electron chi connectivity index (χ3n) is 5.35. The van der Waals surface area contributed by atoms with E-state index in [0.717, 1.165) is 41.5 Å². The molecule has 2 aromatic carbocycles. The van der Waals surface area contributed by atoms with Gasteiger partial charge in [0.15, 0.2) is 29.5 Å². The van der Waals surface area contributed by atoms with Gasteiger partial charge in [0, 0.05) is 12.5 Å². The first-order valence-electron chi connectivity index (χ1n) is 8.95. The maximum absolute atomic E-state index is 5.54. The molecule has 0 aliphatic carbocycles. The van der Waals surface area contributed by atoms with E-state index in [9.17, 15) is 0 Å². The summed E-state index contributed by atoms with van der Waals surface area (Å²) in [6, 6.07) is 10.5. The summed E-state index contributed by atoms with van der Waals surface area (Å²) in [7, 11) is 6.68. The van der Waals surface area contributed by atoms with E-state index in [1.165, 1.54) is 27.8 Å². The quantitative estimate of drug-likeness (QED) is 0.603. The summed E-state index contributed by atoms with van der Waals surface area (Å²) in [5.41, 5.74) is 5.96. The lowest BCUT2D eigenvalue weighted by Crippen LogP contribution is -3.00. The molecule has 0 spiro atoms. The van der Waals surface area contributed by atoms with Gasteiger partial charge in [-0.3, -0.25) is 0 Å². The topological polar surface area (TPSA) is 40.8 Å². The Labute approximate surface area is 171 Å². The molecule has 1 aliphatic heterocycles. The molecule has 2 heterocycles. The van der Waals surface area contributed by atoms with Crippen LogP contribution in [-0.2, 0) is 13.0 Å². The normalized spacial score (nSPS) is 11.9. The number of halogens is 1. The molecule has 4 rings (SSSR count). The predicted octanol–water partition coefficient (Wildman–Crippen LogP) is 0.697. The minimum Gasteiger partial charge on any atom is -1.00 e. The maximum Gasteiger partial charge on any atom is 0.217 e. The summed E-state index contributed by atoms with van der Waals surface area (Å²) in [4.78, 5) is 0. The molecule has 0 N–H and O–H groups in total. The monoisotopic (exact) mass is 401 g/mol. The van der Waals surface area contributed by atoms with Gasteiger partial charge in [-0.15, -0.1) is 0 Å². The zero-order chi connectivity index (χ0) is 19.1. The second-order valence-electron chi connectivity index (χ2n) is 6.70. The smallest absolute Gasteiger partial charge is 0.217 e. The molecule has 0 radical (unpaired) electrons. The number of hydrogen-bond donors (Lipinski definition) is 0. The zero-order valence-electron chi connectivity index (χ0n) is 16.8. The van der Waals surface area contributed by atoms with Crippen molar-refractivity contribution < 1.29 is 35.9 Å². The van der Waals surface area contributed by atoms with Crippen LogP contribution in [0.2, 0.25) is 0 Å². The van der Waals surface area contributed by atoms with Crippen molar-refractivity contribution in [2.75, 3.05) is 28.4 Å². The van der Waals surface area contributed by atoms with Crippen molar-refractivity contribution in [2.24, 2.45) is 0 Å². The van der Waals surface area contributed by atoms with Crippen LogP contribution < -0.4 is 35.9 Å². The molecule has 0 bridgehead atoms. The molecule has 6 heteroatoms. The van der Waals surface area contributed by atoms with E-state index in [0.29, 0.717) is 0 Å². The Morgan fingerprint density at radius 2 is 1.32 bits per heavy atom. The van der Waals surface area contributed by atoms with Crippen molar-refractivity contribution in [3.05, 3.63) is 41.5 Å². The fraction of sp³-hybridized carbons (Fsp3) is 0.318. The van der Waals surface area contributed by atoms with Crippen LogP contribution in [0, 0.1) is 6.92 Å². The molecule has 5 nitrogen and oxygen atoms in total. The highest BCUT2D eigenvalue weighted by molar-refractivity contribution is 5.85. The minimum atomic E-state index is 0. The van der Waals surface area contributed by atoms with Crippen molar-refractivity contribution in [1.29, 1.82) is 0 Å². The number of nitrogens with zero attached hydrogens (tertiary/aromatic N) is 1. The molecule has 0 atom stereocenters. The lowest BCUT2D eigenvalue weighted by atomic mass is 9.94. The lowest BCUT2D eigenvalue weighted by Gasteiger charge is -2.20. The Hall–Kier alpha value is -2.66. The van der Waals surface area contributed by atoms with E-state index in [1.807, 2.05) is 0 Å². The molecule has 0 saturated carbocycles. The van der Waals surface area contributed by atoms with Crippen LogP contribution in [0.1, 0.15) is 11.1 Å². The first kappa shape index (κ1) is 20.1. The Morgan fingerprint density at radius 3 is 1.96 bits per heavy atom. The summed E-state index contributed by atoms with van der Waals surface area (Å²) >= 11 is 0. The standard InChI is InChI=1S/C22H24NO4.ClH/c1-13-8-17-16-11-21(26-4)19(24-2)9-14(16)6-7-23(17)18-12-22(27-5)20(25-3)10-15(13)18;/h8-12H,6-7H2,1-5H3;1H/q+1;/p-1. The molecule has 1 aromatic heterocycles. The van der Waals surface area contributed by atoms with E-state index in [4.69, 9.17) is 18.9 Å². The third kappa shape index (κ3) is 3.00. The van der Waals surface area contributed by atoms with Crippen molar-refractivity contribution in [1.82, 2.24) is 0 Å². The second kappa shape index (κ2) is 7.76. The van der Waals surface area contributed by atoms with Gasteiger partial charge in [-0.05, 0) is 36.2 Å². The van der Waals surface area contributed by atoms with Crippen LogP contribution in [-0.4, -0.2) is 28.4 Å². The fourth-order valence-corrected chi connectivity index (χ4v) is 3.96. The maximum atomic E-state index is 5.54. The molecule has 1 aliphatic rings. The molecule has 3 aromatic rings. The fourth-order valence-electron chi connectivity index (χ4n) is 3.96. The first-order chi connectivity index (χ1) is 13.1. The Morgan fingerprint density at radius 1 is 0.750 bits per heavy atom. The Balaban J connectivity index is 0.00000225. The van der Waals surface area contributed by atoms with Gasteiger partial charge < -0.3 is 31.4 Å². The molecular weight excluding hydrogens is 378 g/mol. The van der Waals surface area contributed by atoms with Crippen LogP contribution in [0.25, 0.3) is 22.2 Å². The minimum absolute atomic E-state index is 0. The lowest BCUT2D eigenvalue weighted by molar-refractivity contribution is -0.662. The van der Waals surface area contributed by atoms with Crippen LogP contribution in [0.4, 0.5) is 0 Å². The predicted molar refractivity (Wildman–Crippen MR) is 104 cm³/mol. The van der Waals surface area contributed by atoms with E-state index >= 15 is 0 Å². The van der Waals surface area contributed by atoms with Gasteiger partial charge in [-0.2, -0.15) is 4.57 Å². The average molecular weight is 402 g/mol. The van der Waals surface area contributed by atoms with Gasteiger partial charge in [0.2, 0.25) is 11.2 Å². The number of benzene rings is 2. The number of pyridine rings is 1. The van der Waals surface area contributed by atoms with Crippen molar-refractivity contribution in [3.8, 4) is 34.3 Å². The number of fused-ring (bicyclic) bond motifs is 5. The average Bonchev–Trinajstić information content (AvgIpc) is 2.71. The molecule has 0 amide bonds. The number of aryl methyl sites for hydroxylation is 3. The summed E-state index contributed by atoms with van der Waals surface area (Å²) in [5, 5.41) is 1.17. The molecular formula is C22H24ClNO4. The van der Waals surface area contributed by atoms with Crippen molar-refractivity contribution in [3.63, 3.8) is 0 Å². The summed E-state index contributed by atoms with van der Waals surface area (Å²) in [5.74, 6) is 3.00. The summed E-state index contributed by atoms with van der Waals surface area (Å²) < 4.78 is 24.4. The highest BCUT2D eigenvalue weighted by atomic mass is 35.5. The van der Waals surface area contributed by atoms with Crippen LogP contribution >= 0.6 is 0 Å². The van der Waals surface area contributed by atoms with E-state index in [1.54, 1.807) is 28.4 Å². The largest absolute Gasteiger partial charge is 1.00 e. The first-order valence-corrected chi connectivity index (χ1v) is 8.95. The summed E-state index contributed by atoms with van der Waals surface area (Å²) in [6.07, 6.45) is 0.930. The molecule has 0 saturated heterocycles. The highest BCUT2D eigenvalue weighted by Gasteiger charge is 2.29. The third-order valence-corrected chi connectivity index (χ3v) is 5.35. The van der Waals surface area contributed by atoms with Crippen LogP contribution in [0.15, 0.2) is 30.3 Å². The van der Waals surface area contributed by atoms with E-state index in [2.05, 4.69) is 41.8 Å². The van der Waals surface area contributed by atoms with Gasteiger partial charge in [-0.1, -0.05) is 0 Å². The van der Waals surface area contributed by atoms with Gasteiger partial charge in [0.25, 0.3) is 0 Å². The van der Waals surface area contributed by atoms with Crippen LogP contribution in [0.3, 0.4) is 0 Å². The number of hydrogen-bond acceptors (Lipinski definition) is 4. The van der Waals surface area contributed by atoms with Gasteiger partial charge in [0.1, 0.15) is 0 Å². The zero-order valence-corrected chi connectivity index (χ0v) is 17.5. The number of rotatable bonds is 4. The van der Waals surface area contributed by atoms with Crippen molar-refractivity contribution in [2.45, 2.75) is 19.9 Å². The van der Waals surface area contributed by atoms with Gasteiger partial charge in [0.05, 0.1) is 45.5 Å². The highest BCUT2D eigenvalue weighted by Crippen LogP contribution is 2.39. The molecule has 28 heavy (non-hydrogen) atoms. The Kier molecular flexibility index (Phi) is 5.57. The van der Waals surface area contributed by atoms with E-state index in [-0.39, 0.29) is 12.4 Å². The molecule has 148 valence electrons. The van der Waals surface area contributed by atoms with Gasteiger partial charge in [-0.25, -0.2) is 0 Å². The van der Waals surface area contributed by atoms with Gasteiger partial charge >= 0.3 is 0 Å². The van der Waals surface area contributed by atoms with E-state index < -0.39 is 0 Å². The van der Waals surface area contributed by atoms with Crippen molar-refractivity contribution >= 4 is 10.9 Å². The summed E-state index contributed by atoms with van der Waals surface area (Å²) in [6.45, 7) is 3.02. The molecule has 0 unspecified atom stereocenters.